The lowest BCUT2D eigenvalue weighted by molar-refractivity contribution is -0.119. The Morgan fingerprint density at radius 1 is 1.03 bits per heavy atom. The van der Waals surface area contributed by atoms with E-state index >= 15 is 0 Å². The first-order valence-electron chi connectivity index (χ1n) is 10.4. The van der Waals surface area contributed by atoms with E-state index in [0.717, 1.165) is 9.87 Å². The zero-order valence-corrected chi connectivity index (χ0v) is 20.3. The van der Waals surface area contributed by atoms with Gasteiger partial charge < -0.3 is 0 Å². The molecule has 0 heterocycles. The normalized spacial score (nSPS) is 11.7. The van der Waals surface area contributed by atoms with Crippen LogP contribution in [0.3, 0.4) is 0 Å². The molecule has 0 bridgehead atoms. The van der Waals surface area contributed by atoms with Crippen LogP contribution >= 0.6 is 11.6 Å². The molecule has 0 fully saturated rings. The lowest BCUT2D eigenvalue weighted by Crippen LogP contribution is -2.40. The van der Waals surface area contributed by atoms with Crippen LogP contribution in [0.1, 0.15) is 36.5 Å². The standard InChI is InChI=1S/C25H26ClN3O3S/c1-18(2)21-14-12-20(13-15-21)16-27-28-25(30)17-29(24-11-7-10-23(26)19(24)3)33(31,32)22-8-5-4-6-9-22/h4-16,18H,17H2,1-3H3,(H,28,30)/b27-16-. The molecule has 1 amide bonds. The SMILES string of the molecule is Cc1c(Cl)cccc1N(CC(=O)N/N=C\c1ccc(C(C)C)cc1)S(=O)(=O)c1ccccc1. The van der Waals surface area contributed by atoms with Gasteiger partial charge in [0.1, 0.15) is 6.54 Å². The van der Waals surface area contributed by atoms with E-state index in [-0.39, 0.29) is 4.90 Å². The van der Waals surface area contributed by atoms with Gasteiger partial charge in [0, 0.05) is 5.02 Å². The average molecular weight is 484 g/mol. The van der Waals surface area contributed by atoms with E-state index < -0.39 is 22.5 Å². The number of sulfonamides is 1. The van der Waals surface area contributed by atoms with Gasteiger partial charge in [-0.3, -0.25) is 9.10 Å². The van der Waals surface area contributed by atoms with Crippen molar-refractivity contribution in [1.82, 2.24) is 5.43 Å². The van der Waals surface area contributed by atoms with Crippen LogP contribution in [0.25, 0.3) is 0 Å². The number of carbonyl (C=O) groups is 1. The van der Waals surface area contributed by atoms with Gasteiger partial charge in [-0.05, 0) is 53.8 Å². The van der Waals surface area contributed by atoms with Gasteiger partial charge in [0.15, 0.2) is 0 Å². The lowest BCUT2D eigenvalue weighted by Gasteiger charge is -2.25. The zero-order valence-electron chi connectivity index (χ0n) is 18.7. The molecule has 3 aromatic carbocycles. The maximum atomic E-state index is 13.4. The molecule has 3 aromatic rings. The van der Waals surface area contributed by atoms with E-state index in [1.807, 2.05) is 24.3 Å². The molecule has 0 saturated heterocycles. The molecular weight excluding hydrogens is 458 g/mol. The van der Waals surface area contributed by atoms with Crippen molar-refractivity contribution in [1.29, 1.82) is 0 Å². The Labute approximate surface area is 200 Å². The highest BCUT2D eigenvalue weighted by Gasteiger charge is 2.28. The van der Waals surface area contributed by atoms with Crippen LogP contribution in [-0.2, 0) is 14.8 Å². The van der Waals surface area contributed by atoms with Crippen molar-refractivity contribution >= 4 is 39.4 Å². The Bertz CT molecular complexity index is 1240. The number of hydrogen-bond acceptors (Lipinski definition) is 4. The molecule has 1 N–H and O–H groups in total. The first-order valence-corrected chi connectivity index (χ1v) is 12.3. The van der Waals surface area contributed by atoms with Gasteiger partial charge in [0.25, 0.3) is 15.9 Å². The Kier molecular flexibility index (Phi) is 7.89. The summed E-state index contributed by atoms with van der Waals surface area (Å²) >= 11 is 6.23. The summed E-state index contributed by atoms with van der Waals surface area (Å²) < 4.78 is 27.8. The van der Waals surface area contributed by atoms with Crippen molar-refractivity contribution in [2.24, 2.45) is 5.10 Å². The fourth-order valence-corrected chi connectivity index (χ4v) is 4.87. The summed E-state index contributed by atoms with van der Waals surface area (Å²) in [5.74, 6) is -0.160. The molecule has 0 aliphatic heterocycles. The van der Waals surface area contributed by atoms with Gasteiger partial charge in [-0.15, -0.1) is 0 Å². The summed E-state index contributed by atoms with van der Waals surface area (Å²) in [5, 5.41) is 4.39. The average Bonchev–Trinajstić information content (AvgIpc) is 2.80. The van der Waals surface area contributed by atoms with Crippen LogP contribution in [0.5, 0.6) is 0 Å². The van der Waals surface area contributed by atoms with Crippen molar-refractivity contribution in [3.05, 3.63) is 94.5 Å². The van der Waals surface area contributed by atoms with Crippen molar-refractivity contribution in [3.63, 3.8) is 0 Å². The molecule has 0 aromatic heterocycles. The van der Waals surface area contributed by atoms with Crippen LogP contribution in [0.4, 0.5) is 5.69 Å². The minimum Gasteiger partial charge on any atom is -0.271 e. The van der Waals surface area contributed by atoms with Crippen molar-refractivity contribution in [3.8, 4) is 0 Å². The highest BCUT2D eigenvalue weighted by molar-refractivity contribution is 7.92. The van der Waals surface area contributed by atoms with Crippen LogP contribution in [0, 0.1) is 6.92 Å². The van der Waals surface area contributed by atoms with E-state index in [9.17, 15) is 13.2 Å². The lowest BCUT2D eigenvalue weighted by atomic mass is 10.0. The number of hydrazone groups is 1. The summed E-state index contributed by atoms with van der Waals surface area (Å²) in [6, 6.07) is 20.7. The number of benzene rings is 3. The molecular formula is C25H26ClN3O3S. The van der Waals surface area contributed by atoms with Gasteiger partial charge in [-0.25, -0.2) is 13.8 Å². The van der Waals surface area contributed by atoms with E-state index in [2.05, 4.69) is 24.4 Å². The predicted molar refractivity (Wildman–Crippen MR) is 133 cm³/mol. The number of carbonyl (C=O) groups excluding carboxylic acids is 1. The second-order valence-corrected chi connectivity index (χ2v) is 10.1. The number of hydrogen-bond donors (Lipinski definition) is 1. The maximum absolute atomic E-state index is 13.4. The summed E-state index contributed by atoms with van der Waals surface area (Å²) in [6.45, 7) is 5.48. The van der Waals surface area contributed by atoms with E-state index in [4.69, 9.17) is 11.6 Å². The quantitative estimate of drug-likeness (QED) is 0.357. The van der Waals surface area contributed by atoms with Crippen LogP contribution < -0.4 is 9.73 Å². The van der Waals surface area contributed by atoms with Gasteiger partial charge >= 0.3 is 0 Å². The molecule has 0 spiro atoms. The number of nitrogens with zero attached hydrogens (tertiary/aromatic N) is 2. The fourth-order valence-electron chi connectivity index (χ4n) is 3.20. The van der Waals surface area contributed by atoms with Crippen LogP contribution in [-0.4, -0.2) is 27.1 Å². The molecule has 0 radical (unpaired) electrons. The molecule has 0 aliphatic rings. The maximum Gasteiger partial charge on any atom is 0.264 e. The minimum atomic E-state index is -4.02. The first-order chi connectivity index (χ1) is 15.7. The molecule has 0 saturated carbocycles. The zero-order chi connectivity index (χ0) is 24.0. The summed E-state index contributed by atoms with van der Waals surface area (Å²) in [5.41, 5.74) is 5.32. The van der Waals surface area contributed by atoms with Crippen LogP contribution in [0.2, 0.25) is 5.02 Å². The first kappa shape index (κ1) is 24.5. The summed E-state index contributed by atoms with van der Waals surface area (Å²) in [4.78, 5) is 12.7. The summed E-state index contributed by atoms with van der Waals surface area (Å²) in [6.07, 6.45) is 1.52. The second-order valence-electron chi connectivity index (χ2n) is 7.82. The molecule has 0 atom stereocenters. The second kappa shape index (κ2) is 10.6. The Hall–Kier alpha value is -3.16. The molecule has 0 aliphatic carbocycles. The summed E-state index contributed by atoms with van der Waals surface area (Å²) in [7, 11) is -4.02. The Morgan fingerprint density at radius 3 is 2.33 bits per heavy atom. The molecule has 0 unspecified atom stereocenters. The Morgan fingerprint density at radius 2 is 1.70 bits per heavy atom. The largest absolute Gasteiger partial charge is 0.271 e. The van der Waals surface area contributed by atoms with E-state index in [1.165, 1.54) is 23.9 Å². The molecule has 172 valence electrons. The third-order valence-electron chi connectivity index (χ3n) is 5.13. The minimum absolute atomic E-state index is 0.0749. The van der Waals surface area contributed by atoms with Crippen molar-refractivity contribution in [2.45, 2.75) is 31.6 Å². The number of anilines is 1. The highest BCUT2D eigenvalue weighted by atomic mass is 35.5. The molecule has 33 heavy (non-hydrogen) atoms. The number of rotatable bonds is 8. The van der Waals surface area contributed by atoms with Gasteiger partial charge in [-0.1, -0.05) is 74.0 Å². The third kappa shape index (κ3) is 6.00. The third-order valence-corrected chi connectivity index (χ3v) is 7.32. The van der Waals surface area contributed by atoms with Gasteiger partial charge in [0.05, 0.1) is 16.8 Å². The van der Waals surface area contributed by atoms with Crippen molar-refractivity contribution in [2.75, 3.05) is 10.8 Å². The fraction of sp³-hybridized carbons (Fsp3) is 0.200. The Balaban J connectivity index is 1.83. The monoisotopic (exact) mass is 483 g/mol. The predicted octanol–water partition coefficient (Wildman–Crippen LogP) is 5.12. The van der Waals surface area contributed by atoms with E-state index in [0.29, 0.717) is 22.2 Å². The molecule has 3 rings (SSSR count). The smallest absolute Gasteiger partial charge is 0.264 e. The topological polar surface area (TPSA) is 78.8 Å². The number of nitrogens with one attached hydrogen (secondary N) is 1. The van der Waals surface area contributed by atoms with Gasteiger partial charge in [0.2, 0.25) is 0 Å². The van der Waals surface area contributed by atoms with Crippen LogP contribution in [0.15, 0.2) is 82.8 Å². The van der Waals surface area contributed by atoms with E-state index in [1.54, 1.807) is 43.3 Å². The van der Waals surface area contributed by atoms with Crippen molar-refractivity contribution < 1.29 is 13.2 Å². The van der Waals surface area contributed by atoms with Gasteiger partial charge in [-0.2, -0.15) is 5.10 Å². The number of halogens is 1. The highest BCUT2D eigenvalue weighted by Crippen LogP contribution is 2.30. The number of amides is 1. The molecule has 8 heteroatoms. The molecule has 6 nitrogen and oxygen atoms in total.